The molecule has 0 atom stereocenters. The highest BCUT2D eigenvalue weighted by molar-refractivity contribution is 5.96. The molecule has 0 bridgehead atoms. The zero-order valence-electron chi connectivity index (χ0n) is 14.5. The first kappa shape index (κ1) is 18.1. The van der Waals surface area contributed by atoms with Gasteiger partial charge in [0.2, 0.25) is 0 Å². The SMILES string of the molecule is CNC(=O)c1ccc(NC(=O)COC(=O)Cc2noc3ccccc23)cc1. The molecule has 0 saturated carbocycles. The summed E-state index contributed by atoms with van der Waals surface area (Å²) in [5, 5.41) is 9.68. The third kappa shape index (κ3) is 4.49. The molecule has 138 valence electrons. The van der Waals surface area contributed by atoms with Crippen LogP contribution >= 0.6 is 0 Å². The molecular formula is C19H17N3O5. The molecule has 27 heavy (non-hydrogen) atoms. The molecule has 0 aliphatic carbocycles. The summed E-state index contributed by atoms with van der Waals surface area (Å²) < 4.78 is 10.1. The maximum atomic E-state index is 11.9. The van der Waals surface area contributed by atoms with E-state index in [1.54, 1.807) is 42.5 Å². The van der Waals surface area contributed by atoms with Crippen LogP contribution in [0.4, 0.5) is 5.69 Å². The molecule has 0 unspecified atom stereocenters. The Morgan fingerprint density at radius 1 is 1.07 bits per heavy atom. The fourth-order valence-corrected chi connectivity index (χ4v) is 2.45. The summed E-state index contributed by atoms with van der Waals surface area (Å²) in [6, 6.07) is 13.5. The number of fused-ring (bicyclic) bond motifs is 1. The molecule has 0 spiro atoms. The quantitative estimate of drug-likeness (QED) is 0.644. The van der Waals surface area contributed by atoms with Crippen molar-refractivity contribution in [3.8, 4) is 0 Å². The zero-order chi connectivity index (χ0) is 19.2. The Bertz CT molecular complexity index is 978. The summed E-state index contributed by atoms with van der Waals surface area (Å²) in [4.78, 5) is 35.3. The van der Waals surface area contributed by atoms with Crippen molar-refractivity contribution in [3.05, 3.63) is 59.8 Å². The molecule has 1 aromatic heterocycles. The number of benzene rings is 2. The average molecular weight is 367 g/mol. The third-order valence-corrected chi connectivity index (χ3v) is 3.79. The van der Waals surface area contributed by atoms with Crippen LogP contribution in [-0.4, -0.2) is 36.6 Å². The minimum atomic E-state index is -0.584. The summed E-state index contributed by atoms with van der Waals surface area (Å²) >= 11 is 0. The molecule has 3 rings (SSSR count). The standard InChI is InChI=1S/C19H17N3O5/c1-20-19(25)12-6-8-13(9-7-12)21-17(23)11-26-18(24)10-15-14-4-2-3-5-16(14)27-22-15/h2-9H,10-11H2,1H3,(H,20,25)(H,21,23). The van der Waals surface area contributed by atoms with Gasteiger partial charge in [-0.05, 0) is 36.4 Å². The Morgan fingerprint density at radius 3 is 2.56 bits per heavy atom. The molecule has 0 aliphatic heterocycles. The molecule has 0 fully saturated rings. The van der Waals surface area contributed by atoms with Crippen molar-refractivity contribution < 1.29 is 23.6 Å². The summed E-state index contributed by atoms with van der Waals surface area (Å²) in [5.41, 5.74) is 2.01. The minimum Gasteiger partial charge on any atom is -0.455 e. The van der Waals surface area contributed by atoms with E-state index < -0.39 is 18.5 Å². The van der Waals surface area contributed by atoms with E-state index in [1.165, 1.54) is 7.05 Å². The van der Waals surface area contributed by atoms with E-state index in [-0.39, 0.29) is 12.3 Å². The van der Waals surface area contributed by atoms with Crippen LogP contribution < -0.4 is 10.6 Å². The highest BCUT2D eigenvalue weighted by Gasteiger charge is 2.14. The number of amides is 2. The van der Waals surface area contributed by atoms with E-state index in [2.05, 4.69) is 15.8 Å². The van der Waals surface area contributed by atoms with Gasteiger partial charge in [-0.15, -0.1) is 0 Å². The summed E-state index contributed by atoms with van der Waals surface area (Å²) in [5.74, 6) is -1.29. The van der Waals surface area contributed by atoms with Gasteiger partial charge in [-0.3, -0.25) is 14.4 Å². The van der Waals surface area contributed by atoms with Gasteiger partial charge >= 0.3 is 5.97 Å². The number of hydrogen-bond donors (Lipinski definition) is 2. The molecular weight excluding hydrogens is 350 g/mol. The van der Waals surface area contributed by atoms with Gasteiger partial charge in [-0.25, -0.2) is 0 Å². The molecule has 2 N–H and O–H groups in total. The minimum absolute atomic E-state index is 0.0921. The Hall–Kier alpha value is -3.68. The van der Waals surface area contributed by atoms with Crippen molar-refractivity contribution in [1.82, 2.24) is 10.5 Å². The maximum absolute atomic E-state index is 11.9. The lowest BCUT2D eigenvalue weighted by molar-refractivity contribution is -0.146. The summed E-state index contributed by atoms with van der Waals surface area (Å²) in [6.45, 7) is -0.425. The number of rotatable bonds is 6. The highest BCUT2D eigenvalue weighted by atomic mass is 16.5. The van der Waals surface area contributed by atoms with Crippen molar-refractivity contribution in [1.29, 1.82) is 0 Å². The van der Waals surface area contributed by atoms with Gasteiger partial charge in [0, 0.05) is 23.7 Å². The lowest BCUT2D eigenvalue weighted by Gasteiger charge is -2.07. The van der Waals surface area contributed by atoms with Gasteiger partial charge < -0.3 is 19.9 Å². The number of nitrogens with zero attached hydrogens (tertiary/aromatic N) is 1. The number of anilines is 1. The van der Waals surface area contributed by atoms with Gasteiger partial charge in [-0.1, -0.05) is 17.3 Å². The number of nitrogens with one attached hydrogen (secondary N) is 2. The molecule has 1 heterocycles. The number of ether oxygens (including phenoxy) is 1. The molecule has 0 aliphatic rings. The van der Waals surface area contributed by atoms with E-state index in [0.717, 1.165) is 5.39 Å². The van der Waals surface area contributed by atoms with Crippen LogP contribution in [0.25, 0.3) is 11.0 Å². The Balaban J connectivity index is 1.50. The van der Waals surface area contributed by atoms with E-state index in [1.807, 2.05) is 6.07 Å². The largest absolute Gasteiger partial charge is 0.455 e. The Labute approximate surface area is 154 Å². The first-order chi connectivity index (χ1) is 13.1. The molecule has 0 radical (unpaired) electrons. The summed E-state index contributed by atoms with van der Waals surface area (Å²) in [6.07, 6.45) is -0.0921. The number of esters is 1. The van der Waals surface area contributed by atoms with Crippen LogP contribution in [0.2, 0.25) is 0 Å². The normalized spacial score (nSPS) is 10.4. The van der Waals surface area contributed by atoms with Crippen LogP contribution in [0.5, 0.6) is 0 Å². The predicted molar refractivity (Wildman–Crippen MR) is 97.1 cm³/mol. The van der Waals surface area contributed by atoms with Crippen molar-refractivity contribution in [2.24, 2.45) is 0 Å². The monoisotopic (exact) mass is 367 g/mol. The second-order valence-corrected chi connectivity index (χ2v) is 5.67. The topological polar surface area (TPSA) is 111 Å². The van der Waals surface area contributed by atoms with Crippen molar-refractivity contribution in [2.75, 3.05) is 19.0 Å². The number of hydrogen-bond acceptors (Lipinski definition) is 6. The smallest absolute Gasteiger partial charge is 0.312 e. The van der Waals surface area contributed by atoms with E-state index in [0.29, 0.717) is 22.5 Å². The molecule has 2 aromatic carbocycles. The van der Waals surface area contributed by atoms with Gasteiger partial charge in [0.15, 0.2) is 12.2 Å². The molecule has 0 saturated heterocycles. The van der Waals surface area contributed by atoms with Crippen LogP contribution in [0.15, 0.2) is 53.1 Å². The molecule has 8 heteroatoms. The number of aromatic nitrogens is 1. The number of para-hydroxylation sites is 1. The summed E-state index contributed by atoms with van der Waals surface area (Å²) in [7, 11) is 1.54. The third-order valence-electron chi connectivity index (χ3n) is 3.79. The van der Waals surface area contributed by atoms with Crippen molar-refractivity contribution >= 4 is 34.4 Å². The highest BCUT2D eigenvalue weighted by Crippen LogP contribution is 2.18. The first-order valence-electron chi connectivity index (χ1n) is 8.17. The molecule has 3 aromatic rings. The first-order valence-corrected chi connectivity index (χ1v) is 8.17. The van der Waals surface area contributed by atoms with Crippen molar-refractivity contribution in [3.63, 3.8) is 0 Å². The van der Waals surface area contributed by atoms with Gasteiger partial charge in [0.1, 0.15) is 5.69 Å². The molecule has 8 nitrogen and oxygen atoms in total. The second kappa shape index (κ2) is 8.13. The lowest BCUT2D eigenvalue weighted by Crippen LogP contribution is -2.22. The van der Waals surface area contributed by atoms with Gasteiger partial charge in [-0.2, -0.15) is 0 Å². The maximum Gasteiger partial charge on any atom is 0.312 e. The Morgan fingerprint density at radius 2 is 1.81 bits per heavy atom. The van der Waals surface area contributed by atoms with Crippen LogP contribution in [0.1, 0.15) is 16.1 Å². The van der Waals surface area contributed by atoms with E-state index in [4.69, 9.17) is 9.26 Å². The van der Waals surface area contributed by atoms with E-state index >= 15 is 0 Å². The van der Waals surface area contributed by atoms with E-state index in [9.17, 15) is 14.4 Å². The van der Waals surface area contributed by atoms with Crippen molar-refractivity contribution in [2.45, 2.75) is 6.42 Å². The lowest BCUT2D eigenvalue weighted by atomic mass is 10.2. The van der Waals surface area contributed by atoms with Gasteiger partial charge in [0.25, 0.3) is 11.8 Å². The van der Waals surface area contributed by atoms with Crippen LogP contribution in [0.3, 0.4) is 0 Å². The fourth-order valence-electron chi connectivity index (χ4n) is 2.45. The van der Waals surface area contributed by atoms with Gasteiger partial charge in [0.05, 0.1) is 6.42 Å². The molecule has 2 amide bonds. The fraction of sp³-hybridized carbons (Fsp3) is 0.158. The zero-order valence-corrected chi connectivity index (χ0v) is 14.5. The number of carbonyl (C=O) groups is 3. The van der Waals surface area contributed by atoms with Crippen LogP contribution in [-0.2, 0) is 20.7 Å². The number of carbonyl (C=O) groups excluding carboxylic acids is 3. The van der Waals surface area contributed by atoms with Crippen LogP contribution in [0, 0.1) is 0 Å². The Kier molecular flexibility index (Phi) is 5.46. The average Bonchev–Trinajstić information content (AvgIpc) is 3.09. The predicted octanol–water partition coefficient (Wildman–Crippen LogP) is 1.91. The second-order valence-electron chi connectivity index (χ2n) is 5.67.